The van der Waals surface area contributed by atoms with Gasteiger partial charge in [-0.1, -0.05) is 23.7 Å². The zero-order valence-electron chi connectivity index (χ0n) is 14.3. The fourth-order valence-corrected chi connectivity index (χ4v) is 3.13. The molecule has 1 heterocycles. The zero-order valence-corrected chi connectivity index (χ0v) is 15.0. The number of aromatic nitrogens is 1. The molecule has 2 aromatic carbocycles. The molecule has 0 atom stereocenters. The fourth-order valence-electron chi connectivity index (χ4n) is 2.88. The Labute approximate surface area is 151 Å². The van der Waals surface area contributed by atoms with Crippen LogP contribution in [0.3, 0.4) is 0 Å². The number of hydrogen-bond acceptors (Lipinski definition) is 2. The molecule has 0 aliphatic rings. The molecule has 6 heteroatoms. The molecule has 25 heavy (non-hydrogen) atoms. The van der Waals surface area contributed by atoms with Crippen LogP contribution in [0.2, 0.25) is 5.02 Å². The van der Waals surface area contributed by atoms with Crippen LogP contribution in [0.5, 0.6) is 5.75 Å². The molecule has 3 rings (SSSR count). The van der Waals surface area contributed by atoms with Gasteiger partial charge in [0, 0.05) is 29.3 Å². The highest BCUT2D eigenvalue weighted by Crippen LogP contribution is 2.27. The highest BCUT2D eigenvalue weighted by atomic mass is 35.5. The van der Waals surface area contributed by atoms with Crippen molar-refractivity contribution in [1.29, 1.82) is 0 Å². The SMILES string of the molecule is COc1ccc(NC(N)=NCCc2c[nH]c3cccc(C)c23)cc1Cl. The number of nitrogens with two attached hydrogens (primary N) is 1. The van der Waals surface area contributed by atoms with Gasteiger partial charge >= 0.3 is 0 Å². The third-order valence-corrected chi connectivity index (χ3v) is 4.38. The number of aryl methyl sites for hydroxylation is 1. The Hall–Kier alpha value is -2.66. The quantitative estimate of drug-likeness (QED) is 0.475. The van der Waals surface area contributed by atoms with Crippen molar-refractivity contribution in [2.24, 2.45) is 10.7 Å². The van der Waals surface area contributed by atoms with E-state index in [2.05, 4.69) is 40.4 Å². The molecule has 0 aliphatic heterocycles. The monoisotopic (exact) mass is 356 g/mol. The van der Waals surface area contributed by atoms with Crippen LogP contribution in [0, 0.1) is 6.92 Å². The van der Waals surface area contributed by atoms with Gasteiger partial charge in [-0.15, -0.1) is 0 Å². The highest BCUT2D eigenvalue weighted by Gasteiger charge is 2.06. The summed E-state index contributed by atoms with van der Waals surface area (Å²) in [4.78, 5) is 7.70. The molecular weight excluding hydrogens is 336 g/mol. The summed E-state index contributed by atoms with van der Waals surface area (Å²) in [6.45, 7) is 2.72. The van der Waals surface area contributed by atoms with Crippen molar-refractivity contribution in [3.8, 4) is 5.75 Å². The van der Waals surface area contributed by atoms with E-state index in [0.717, 1.165) is 17.6 Å². The maximum Gasteiger partial charge on any atom is 0.193 e. The first-order valence-corrected chi connectivity index (χ1v) is 8.42. The molecule has 0 fully saturated rings. The van der Waals surface area contributed by atoms with Crippen LogP contribution in [-0.2, 0) is 6.42 Å². The molecule has 130 valence electrons. The minimum absolute atomic E-state index is 0.359. The number of guanidine groups is 1. The largest absolute Gasteiger partial charge is 0.495 e. The molecule has 0 unspecified atom stereocenters. The van der Waals surface area contributed by atoms with E-state index in [4.69, 9.17) is 22.1 Å². The summed E-state index contributed by atoms with van der Waals surface area (Å²) in [5, 5.41) is 4.83. The Kier molecular flexibility index (Phi) is 5.14. The van der Waals surface area contributed by atoms with Crippen molar-refractivity contribution >= 4 is 34.2 Å². The number of anilines is 1. The predicted molar refractivity (Wildman–Crippen MR) is 105 cm³/mol. The van der Waals surface area contributed by atoms with Gasteiger partial charge in [0.25, 0.3) is 0 Å². The number of halogens is 1. The van der Waals surface area contributed by atoms with Gasteiger partial charge in [0.15, 0.2) is 5.96 Å². The van der Waals surface area contributed by atoms with Crippen molar-refractivity contribution in [1.82, 2.24) is 4.98 Å². The number of aliphatic imine (C=N–C) groups is 1. The summed E-state index contributed by atoms with van der Waals surface area (Å²) in [6, 6.07) is 11.6. The first kappa shape index (κ1) is 17.2. The first-order valence-electron chi connectivity index (χ1n) is 8.04. The summed E-state index contributed by atoms with van der Waals surface area (Å²) in [6.07, 6.45) is 2.86. The van der Waals surface area contributed by atoms with Crippen molar-refractivity contribution in [2.75, 3.05) is 19.0 Å². The van der Waals surface area contributed by atoms with Crippen LogP contribution in [0.25, 0.3) is 10.9 Å². The maximum absolute atomic E-state index is 6.11. The molecular formula is C19H21ClN4O. The average Bonchev–Trinajstić information content (AvgIpc) is 3.00. The number of methoxy groups -OCH3 is 1. The van der Waals surface area contributed by atoms with E-state index < -0.39 is 0 Å². The van der Waals surface area contributed by atoms with Gasteiger partial charge in [-0.3, -0.25) is 4.99 Å². The van der Waals surface area contributed by atoms with Gasteiger partial charge in [0.2, 0.25) is 0 Å². The summed E-state index contributed by atoms with van der Waals surface area (Å²) < 4.78 is 5.13. The first-order chi connectivity index (χ1) is 12.1. The molecule has 0 amide bonds. The van der Waals surface area contributed by atoms with E-state index in [1.54, 1.807) is 19.2 Å². The standard InChI is InChI=1S/C19H21ClN4O/c1-12-4-3-5-16-18(12)13(11-23-16)8-9-22-19(21)24-14-6-7-17(25-2)15(20)10-14/h3-7,10-11,23H,8-9H2,1-2H3,(H3,21,22,24). The van der Waals surface area contributed by atoms with Crippen molar-refractivity contribution in [2.45, 2.75) is 13.3 Å². The van der Waals surface area contributed by atoms with Crippen LogP contribution in [0.4, 0.5) is 5.69 Å². The zero-order chi connectivity index (χ0) is 17.8. The normalized spacial score (nSPS) is 11.7. The minimum atomic E-state index is 0.359. The Bertz CT molecular complexity index is 917. The molecule has 1 aromatic heterocycles. The molecule has 3 aromatic rings. The van der Waals surface area contributed by atoms with Gasteiger partial charge in [0.1, 0.15) is 5.75 Å². The van der Waals surface area contributed by atoms with Gasteiger partial charge < -0.3 is 20.8 Å². The number of benzene rings is 2. The fraction of sp³-hybridized carbons (Fsp3) is 0.211. The molecule has 0 radical (unpaired) electrons. The van der Waals surface area contributed by atoms with E-state index in [1.807, 2.05) is 12.3 Å². The van der Waals surface area contributed by atoms with E-state index in [9.17, 15) is 0 Å². The van der Waals surface area contributed by atoms with Crippen LogP contribution < -0.4 is 15.8 Å². The molecule has 0 bridgehead atoms. The Balaban J connectivity index is 1.64. The van der Waals surface area contributed by atoms with E-state index in [1.165, 1.54) is 16.5 Å². The van der Waals surface area contributed by atoms with E-state index in [-0.39, 0.29) is 0 Å². The second-order valence-corrected chi connectivity index (χ2v) is 6.21. The molecule has 0 aliphatic carbocycles. The average molecular weight is 357 g/mol. The Morgan fingerprint density at radius 3 is 2.92 bits per heavy atom. The molecule has 0 saturated carbocycles. The summed E-state index contributed by atoms with van der Waals surface area (Å²) >= 11 is 6.11. The van der Waals surface area contributed by atoms with Gasteiger partial charge in [-0.25, -0.2) is 0 Å². The van der Waals surface area contributed by atoms with Crippen LogP contribution in [0.1, 0.15) is 11.1 Å². The number of nitrogens with one attached hydrogen (secondary N) is 2. The van der Waals surface area contributed by atoms with Gasteiger partial charge in [-0.2, -0.15) is 0 Å². The Morgan fingerprint density at radius 2 is 2.16 bits per heavy atom. The van der Waals surface area contributed by atoms with Crippen LogP contribution in [-0.4, -0.2) is 24.6 Å². The third kappa shape index (κ3) is 3.88. The van der Waals surface area contributed by atoms with E-state index in [0.29, 0.717) is 23.3 Å². The third-order valence-electron chi connectivity index (χ3n) is 4.08. The van der Waals surface area contributed by atoms with Crippen molar-refractivity contribution in [3.63, 3.8) is 0 Å². The summed E-state index contributed by atoms with van der Waals surface area (Å²) in [5.41, 5.74) is 10.4. The van der Waals surface area contributed by atoms with Crippen LogP contribution in [0.15, 0.2) is 47.6 Å². The number of fused-ring (bicyclic) bond motifs is 1. The molecule has 4 N–H and O–H groups in total. The number of rotatable bonds is 5. The lowest BCUT2D eigenvalue weighted by atomic mass is 10.1. The van der Waals surface area contributed by atoms with Gasteiger partial charge in [0.05, 0.1) is 12.1 Å². The van der Waals surface area contributed by atoms with Crippen molar-refractivity contribution < 1.29 is 4.74 Å². The Morgan fingerprint density at radius 1 is 1.32 bits per heavy atom. The second kappa shape index (κ2) is 7.49. The smallest absolute Gasteiger partial charge is 0.193 e. The summed E-state index contributed by atoms with van der Waals surface area (Å²) in [5.74, 6) is 0.982. The minimum Gasteiger partial charge on any atom is -0.495 e. The lowest BCUT2D eigenvalue weighted by molar-refractivity contribution is 0.415. The van der Waals surface area contributed by atoms with Crippen molar-refractivity contribution in [3.05, 3.63) is 58.7 Å². The number of nitrogens with zero attached hydrogens (tertiary/aromatic N) is 1. The number of H-pyrrole nitrogens is 1. The number of hydrogen-bond donors (Lipinski definition) is 3. The molecule has 0 saturated heterocycles. The highest BCUT2D eigenvalue weighted by molar-refractivity contribution is 6.32. The second-order valence-electron chi connectivity index (χ2n) is 5.80. The molecule has 0 spiro atoms. The van der Waals surface area contributed by atoms with Crippen LogP contribution >= 0.6 is 11.6 Å². The number of ether oxygens (including phenoxy) is 1. The lowest BCUT2D eigenvalue weighted by Gasteiger charge is -2.08. The van der Waals surface area contributed by atoms with E-state index >= 15 is 0 Å². The lowest BCUT2D eigenvalue weighted by Crippen LogP contribution is -2.23. The number of aromatic amines is 1. The topological polar surface area (TPSA) is 75.4 Å². The summed E-state index contributed by atoms with van der Waals surface area (Å²) in [7, 11) is 1.58. The predicted octanol–water partition coefficient (Wildman–Crippen LogP) is 4.11. The molecule has 5 nitrogen and oxygen atoms in total. The maximum atomic E-state index is 6.11. The van der Waals surface area contributed by atoms with Gasteiger partial charge in [-0.05, 0) is 48.7 Å².